The first-order chi connectivity index (χ1) is 10.0. The molecule has 5 heteroatoms. The van der Waals surface area contributed by atoms with Gasteiger partial charge in [0.2, 0.25) is 0 Å². The number of hydrogen-bond acceptors (Lipinski definition) is 4. The number of piperidine rings is 1. The lowest BCUT2D eigenvalue weighted by molar-refractivity contribution is -0.00203. The molecule has 2 rings (SSSR count). The number of carbonyl (C=O) groups is 1. The van der Waals surface area contributed by atoms with Gasteiger partial charge in [-0.1, -0.05) is 11.8 Å². The van der Waals surface area contributed by atoms with Crippen molar-refractivity contribution in [1.82, 2.24) is 9.88 Å². The number of likely N-dealkylation sites (tertiary alicyclic amines) is 1. The minimum atomic E-state index is -0.674. The van der Waals surface area contributed by atoms with Gasteiger partial charge < -0.3 is 15.1 Å². The fourth-order valence-corrected chi connectivity index (χ4v) is 2.22. The zero-order valence-electron chi connectivity index (χ0n) is 12.2. The average Bonchev–Trinajstić information content (AvgIpc) is 2.47. The minimum Gasteiger partial charge on any atom is -0.395 e. The predicted molar refractivity (Wildman–Crippen MR) is 78.6 cm³/mol. The minimum absolute atomic E-state index is 0.0206. The van der Waals surface area contributed by atoms with Crippen LogP contribution in [0.1, 0.15) is 42.1 Å². The van der Waals surface area contributed by atoms with Crippen molar-refractivity contribution in [3.63, 3.8) is 0 Å². The van der Waals surface area contributed by atoms with Crippen molar-refractivity contribution in [3.8, 4) is 11.8 Å². The summed E-state index contributed by atoms with van der Waals surface area (Å²) in [7, 11) is 0. The number of aliphatic hydroxyl groups is 2. The third-order valence-corrected chi connectivity index (χ3v) is 3.58. The lowest BCUT2D eigenvalue weighted by Crippen LogP contribution is -2.45. The molecule has 1 saturated heterocycles. The quantitative estimate of drug-likeness (QED) is 0.790. The fraction of sp³-hybridized carbons (Fsp3) is 0.500. The number of rotatable bonds is 2. The van der Waals surface area contributed by atoms with Crippen LogP contribution in [0.15, 0.2) is 18.5 Å². The SMILES string of the molecule is CC1(O)CCN(C(=O)c2cncc(C#CCCO)c2)CC1. The molecule has 21 heavy (non-hydrogen) atoms. The number of nitrogens with zero attached hydrogens (tertiary/aromatic N) is 2. The van der Waals surface area contributed by atoms with E-state index in [0.29, 0.717) is 43.5 Å². The standard InChI is InChI=1S/C16H20N2O3/c1-16(21)5-7-18(8-6-16)15(20)14-10-13(11-17-12-14)4-2-3-9-19/h10-12,19,21H,3,5-9H2,1H3. The number of pyridine rings is 1. The molecule has 0 saturated carbocycles. The van der Waals surface area contributed by atoms with Crippen LogP contribution < -0.4 is 0 Å². The van der Waals surface area contributed by atoms with Crippen molar-refractivity contribution >= 4 is 5.91 Å². The Balaban J connectivity index is 2.06. The number of carbonyl (C=O) groups excluding carboxylic acids is 1. The van der Waals surface area contributed by atoms with Crippen LogP contribution in [0.2, 0.25) is 0 Å². The van der Waals surface area contributed by atoms with Crippen LogP contribution in [-0.4, -0.2) is 51.3 Å². The summed E-state index contributed by atoms with van der Waals surface area (Å²) in [5.74, 6) is 5.60. The molecule has 1 fully saturated rings. The number of aliphatic hydroxyl groups excluding tert-OH is 1. The molecule has 0 aromatic carbocycles. The van der Waals surface area contributed by atoms with Gasteiger partial charge in [-0.15, -0.1) is 0 Å². The molecule has 112 valence electrons. The third kappa shape index (κ3) is 4.28. The Morgan fingerprint density at radius 2 is 2.14 bits per heavy atom. The summed E-state index contributed by atoms with van der Waals surface area (Å²) >= 11 is 0. The first-order valence-corrected chi connectivity index (χ1v) is 7.08. The van der Waals surface area contributed by atoms with Crippen molar-refractivity contribution in [2.75, 3.05) is 19.7 Å². The van der Waals surface area contributed by atoms with Crippen LogP contribution in [0.25, 0.3) is 0 Å². The first kappa shape index (κ1) is 15.5. The second-order valence-corrected chi connectivity index (χ2v) is 5.53. The molecule has 1 aromatic heterocycles. The number of aromatic nitrogens is 1. The molecule has 1 aromatic rings. The van der Waals surface area contributed by atoms with Gasteiger partial charge >= 0.3 is 0 Å². The molecular formula is C16H20N2O3. The monoisotopic (exact) mass is 288 g/mol. The van der Waals surface area contributed by atoms with Gasteiger partial charge in [0.05, 0.1) is 17.8 Å². The zero-order valence-corrected chi connectivity index (χ0v) is 12.2. The Labute approximate surface area is 124 Å². The molecule has 1 aliphatic heterocycles. The van der Waals surface area contributed by atoms with Crippen molar-refractivity contribution in [2.24, 2.45) is 0 Å². The van der Waals surface area contributed by atoms with Crippen LogP contribution >= 0.6 is 0 Å². The molecular weight excluding hydrogens is 268 g/mol. The molecule has 2 N–H and O–H groups in total. The predicted octanol–water partition coefficient (Wildman–Crippen LogP) is 0.803. The molecule has 1 amide bonds. The summed E-state index contributed by atoms with van der Waals surface area (Å²) in [4.78, 5) is 18.2. The van der Waals surface area contributed by atoms with Crippen LogP contribution in [0.5, 0.6) is 0 Å². The highest BCUT2D eigenvalue weighted by Crippen LogP contribution is 2.22. The van der Waals surface area contributed by atoms with Crippen LogP contribution in [0.3, 0.4) is 0 Å². The van der Waals surface area contributed by atoms with E-state index in [1.165, 1.54) is 6.20 Å². The van der Waals surface area contributed by atoms with Gasteiger partial charge in [-0.25, -0.2) is 0 Å². The smallest absolute Gasteiger partial charge is 0.255 e. The van der Waals surface area contributed by atoms with Gasteiger partial charge in [0.25, 0.3) is 5.91 Å². The van der Waals surface area contributed by atoms with E-state index in [0.717, 1.165) is 0 Å². The van der Waals surface area contributed by atoms with E-state index in [2.05, 4.69) is 16.8 Å². The summed E-state index contributed by atoms with van der Waals surface area (Å²) in [5.41, 5.74) is 0.498. The highest BCUT2D eigenvalue weighted by atomic mass is 16.3. The van der Waals surface area contributed by atoms with E-state index in [1.807, 2.05) is 0 Å². The molecule has 0 bridgehead atoms. The van der Waals surface area contributed by atoms with Crippen LogP contribution in [0.4, 0.5) is 0 Å². The van der Waals surface area contributed by atoms with Crippen molar-refractivity contribution in [3.05, 3.63) is 29.6 Å². The van der Waals surface area contributed by atoms with E-state index in [1.54, 1.807) is 24.1 Å². The van der Waals surface area contributed by atoms with Crippen LogP contribution in [-0.2, 0) is 0 Å². The average molecular weight is 288 g/mol. The fourth-order valence-electron chi connectivity index (χ4n) is 2.22. The first-order valence-electron chi connectivity index (χ1n) is 7.08. The van der Waals surface area contributed by atoms with E-state index in [4.69, 9.17) is 5.11 Å². The van der Waals surface area contributed by atoms with Gasteiger partial charge in [0.15, 0.2) is 0 Å². The summed E-state index contributed by atoms with van der Waals surface area (Å²) in [6.07, 6.45) is 4.71. The lowest BCUT2D eigenvalue weighted by atomic mass is 9.93. The maximum absolute atomic E-state index is 12.4. The van der Waals surface area contributed by atoms with Gasteiger partial charge in [-0.05, 0) is 25.8 Å². The molecule has 1 aliphatic rings. The van der Waals surface area contributed by atoms with Crippen molar-refractivity contribution in [1.29, 1.82) is 0 Å². The van der Waals surface area contributed by atoms with Gasteiger partial charge in [-0.2, -0.15) is 0 Å². The second-order valence-electron chi connectivity index (χ2n) is 5.53. The van der Waals surface area contributed by atoms with E-state index in [9.17, 15) is 9.90 Å². The Morgan fingerprint density at radius 1 is 1.43 bits per heavy atom. The molecule has 0 atom stereocenters. The Kier molecular flexibility index (Phi) is 4.94. The third-order valence-electron chi connectivity index (χ3n) is 3.58. The summed E-state index contributed by atoms with van der Waals surface area (Å²) in [6, 6.07) is 1.71. The van der Waals surface area contributed by atoms with E-state index < -0.39 is 5.60 Å². The maximum atomic E-state index is 12.4. The van der Waals surface area contributed by atoms with E-state index in [-0.39, 0.29) is 12.5 Å². The van der Waals surface area contributed by atoms with Crippen molar-refractivity contribution in [2.45, 2.75) is 31.8 Å². The normalized spacial score (nSPS) is 17.0. The number of amides is 1. The highest BCUT2D eigenvalue weighted by Gasteiger charge is 2.30. The maximum Gasteiger partial charge on any atom is 0.255 e. The lowest BCUT2D eigenvalue weighted by Gasteiger charge is -2.35. The van der Waals surface area contributed by atoms with Crippen molar-refractivity contribution < 1.29 is 15.0 Å². The zero-order chi connectivity index (χ0) is 15.3. The molecule has 0 aliphatic carbocycles. The molecule has 0 radical (unpaired) electrons. The van der Waals surface area contributed by atoms with Gasteiger partial charge in [0, 0.05) is 37.5 Å². The summed E-state index contributed by atoms with van der Waals surface area (Å²) in [6.45, 7) is 2.92. The largest absolute Gasteiger partial charge is 0.395 e. The topological polar surface area (TPSA) is 73.7 Å². The van der Waals surface area contributed by atoms with Crippen LogP contribution in [0, 0.1) is 11.8 Å². The Hall–Kier alpha value is -1.90. The van der Waals surface area contributed by atoms with Gasteiger partial charge in [0.1, 0.15) is 0 Å². The number of hydrogen-bond donors (Lipinski definition) is 2. The highest BCUT2D eigenvalue weighted by molar-refractivity contribution is 5.94. The Bertz CT molecular complexity index is 562. The molecule has 0 unspecified atom stereocenters. The molecule has 0 spiro atoms. The molecule has 5 nitrogen and oxygen atoms in total. The Morgan fingerprint density at radius 3 is 2.81 bits per heavy atom. The summed E-state index contributed by atoms with van der Waals surface area (Å²) in [5, 5.41) is 18.6. The summed E-state index contributed by atoms with van der Waals surface area (Å²) < 4.78 is 0. The van der Waals surface area contributed by atoms with Gasteiger partial charge in [-0.3, -0.25) is 9.78 Å². The second kappa shape index (κ2) is 6.70. The molecule has 2 heterocycles. The van der Waals surface area contributed by atoms with E-state index >= 15 is 0 Å².